The third kappa shape index (κ3) is 4.41. The van der Waals surface area contributed by atoms with E-state index in [4.69, 9.17) is 4.74 Å². The lowest BCUT2D eigenvalue weighted by Gasteiger charge is -2.35. The van der Waals surface area contributed by atoms with Gasteiger partial charge < -0.3 is 19.9 Å². The summed E-state index contributed by atoms with van der Waals surface area (Å²) in [5, 5.41) is 5.56. The second-order valence-electron chi connectivity index (χ2n) is 7.17. The molecule has 1 aromatic rings. The Morgan fingerprint density at radius 1 is 1.25 bits per heavy atom. The summed E-state index contributed by atoms with van der Waals surface area (Å²) in [6.45, 7) is 5.44. The molecule has 0 saturated carbocycles. The highest BCUT2D eigenvalue weighted by Gasteiger charge is 2.49. The monoisotopic (exact) mass is 391 g/mol. The highest BCUT2D eigenvalue weighted by atomic mass is 19.1. The molecule has 2 aliphatic heterocycles. The van der Waals surface area contributed by atoms with E-state index in [1.165, 1.54) is 17.0 Å². The summed E-state index contributed by atoms with van der Waals surface area (Å²) in [6.07, 6.45) is 0.398. The highest BCUT2D eigenvalue weighted by Crippen LogP contribution is 2.23. The zero-order valence-corrected chi connectivity index (χ0v) is 16.3. The summed E-state index contributed by atoms with van der Waals surface area (Å²) in [6, 6.07) is 5.05. The number of hydrogen-bond acceptors (Lipinski definition) is 4. The molecule has 0 spiro atoms. The van der Waals surface area contributed by atoms with E-state index in [0.29, 0.717) is 25.7 Å². The number of benzene rings is 1. The Morgan fingerprint density at radius 3 is 2.64 bits per heavy atom. The van der Waals surface area contributed by atoms with Gasteiger partial charge in [0.25, 0.3) is 5.91 Å². The van der Waals surface area contributed by atoms with Gasteiger partial charge in [0.05, 0.1) is 6.10 Å². The number of guanidine groups is 1. The summed E-state index contributed by atoms with van der Waals surface area (Å²) in [7, 11) is 1.63. The predicted octanol–water partition coefficient (Wildman–Crippen LogP) is 1.28. The van der Waals surface area contributed by atoms with E-state index in [-0.39, 0.29) is 17.8 Å². The van der Waals surface area contributed by atoms with Gasteiger partial charge in [-0.2, -0.15) is 0 Å². The molecule has 3 amide bonds. The van der Waals surface area contributed by atoms with Crippen molar-refractivity contribution >= 4 is 17.9 Å². The Labute approximate surface area is 163 Å². The van der Waals surface area contributed by atoms with Gasteiger partial charge in [0.2, 0.25) is 0 Å². The number of ether oxygens (including phenoxy) is 1. The van der Waals surface area contributed by atoms with Gasteiger partial charge in [-0.15, -0.1) is 0 Å². The molecule has 2 atom stereocenters. The minimum atomic E-state index is -0.613. The smallest absolute Gasteiger partial charge is 0.325 e. The molecular formula is C19H26FN5O3. The molecule has 152 valence electrons. The highest BCUT2D eigenvalue weighted by molar-refractivity contribution is 6.04. The van der Waals surface area contributed by atoms with Crippen LogP contribution in [0.4, 0.5) is 9.18 Å². The van der Waals surface area contributed by atoms with E-state index < -0.39 is 18.2 Å². The Balaban J connectivity index is 1.78. The molecule has 0 aliphatic carbocycles. The summed E-state index contributed by atoms with van der Waals surface area (Å²) >= 11 is 0. The molecule has 0 bridgehead atoms. The fourth-order valence-corrected chi connectivity index (χ4v) is 3.25. The molecule has 0 aromatic heterocycles. The molecule has 9 heteroatoms. The first-order valence-electron chi connectivity index (χ1n) is 9.38. The SMILES string of the molecule is CC(C)OCCCN=C1NC2C(C(=O)NC(=O)N2C)N1Cc1ccc(F)cc1. The van der Waals surface area contributed by atoms with Gasteiger partial charge in [0.1, 0.15) is 12.0 Å². The molecule has 0 radical (unpaired) electrons. The third-order valence-electron chi connectivity index (χ3n) is 4.70. The van der Waals surface area contributed by atoms with Gasteiger partial charge in [0, 0.05) is 26.7 Å². The molecule has 3 rings (SSSR count). The molecule has 2 saturated heterocycles. The standard InChI is InChI=1S/C19H26FN5O3/c1-12(2)28-10-4-9-21-18-22-16-15(17(26)23-19(27)24(16)3)25(18)11-13-5-7-14(20)8-6-13/h5-8,12,15-16H,4,9-11H2,1-3H3,(H,21,22)(H,23,26,27). The molecule has 2 unspecified atom stereocenters. The number of fused-ring (bicyclic) bond motifs is 1. The van der Waals surface area contributed by atoms with Crippen molar-refractivity contribution in [1.29, 1.82) is 0 Å². The Bertz CT molecular complexity index is 752. The quantitative estimate of drug-likeness (QED) is 0.684. The second kappa shape index (κ2) is 8.55. The number of rotatable bonds is 7. The van der Waals surface area contributed by atoms with E-state index >= 15 is 0 Å². The Hall–Kier alpha value is -2.68. The van der Waals surface area contributed by atoms with Crippen molar-refractivity contribution in [2.75, 3.05) is 20.2 Å². The van der Waals surface area contributed by atoms with Crippen LogP contribution in [0.15, 0.2) is 29.3 Å². The Morgan fingerprint density at radius 2 is 1.96 bits per heavy atom. The van der Waals surface area contributed by atoms with Crippen LogP contribution >= 0.6 is 0 Å². The van der Waals surface area contributed by atoms with Crippen LogP contribution in [-0.4, -0.2) is 66.2 Å². The summed E-state index contributed by atoms with van der Waals surface area (Å²) in [5.41, 5.74) is 0.840. The van der Waals surface area contributed by atoms with Gasteiger partial charge in [-0.25, -0.2) is 9.18 Å². The molecule has 8 nitrogen and oxygen atoms in total. The number of hydrogen-bond donors (Lipinski definition) is 2. The fourth-order valence-electron chi connectivity index (χ4n) is 3.25. The number of carbonyl (C=O) groups excluding carboxylic acids is 2. The molecule has 2 aliphatic rings. The van der Waals surface area contributed by atoms with Crippen molar-refractivity contribution in [2.24, 2.45) is 4.99 Å². The first-order valence-corrected chi connectivity index (χ1v) is 9.38. The summed E-state index contributed by atoms with van der Waals surface area (Å²) < 4.78 is 18.8. The van der Waals surface area contributed by atoms with Crippen LogP contribution in [0.5, 0.6) is 0 Å². The maximum atomic E-state index is 13.2. The largest absolute Gasteiger partial charge is 0.379 e. The molecule has 28 heavy (non-hydrogen) atoms. The van der Waals surface area contributed by atoms with Crippen LogP contribution in [0.25, 0.3) is 0 Å². The number of amides is 3. The van der Waals surface area contributed by atoms with Crippen molar-refractivity contribution in [2.45, 2.75) is 45.1 Å². The molecular weight excluding hydrogens is 365 g/mol. The number of likely N-dealkylation sites (N-methyl/N-ethyl adjacent to an activating group) is 1. The van der Waals surface area contributed by atoms with E-state index in [0.717, 1.165) is 12.0 Å². The minimum Gasteiger partial charge on any atom is -0.379 e. The number of carbonyl (C=O) groups is 2. The lowest BCUT2D eigenvalue weighted by atomic mass is 10.1. The average Bonchev–Trinajstić information content (AvgIpc) is 3.00. The number of imide groups is 1. The van der Waals surface area contributed by atoms with Crippen LogP contribution in [0.2, 0.25) is 0 Å². The third-order valence-corrected chi connectivity index (χ3v) is 4.70. The number of urea groups is 1. The number of aliphatic imine (C=N–C) groups is 1. The van der Waals surface area contributed by atoms with E-state index in [2.05, 4.69) is 15.6 Å². The normalized spacial score (nSPS) is 23.2. The van der Waals surface area contributed by atoms with Crippen molar-refractivity contribution in [3.05, 3.63) is 35.6 Å². The van der Waals surface area contributed by atoms with E-state index in [9.17, 15) is 14.0 Å². The molecule has 2 fully saturated rings. The minimum absolute atomic E-state index is 0.165. The topological polar surface area (TPSA) is 86.3 Å². The number of nitrogens with zero attached hydrogens (tertiary/aromatic N) is 3. The summed E-state index contributed by atoms with van der Waals surface area (Å²) in [4.78, 5) is 32.3. The van der Waals surface area contributed by atoms with Gasteiger partial charge in [-0.3, -0.25) is 15.1 Å². The van der Waals surface area contributed by atoms with Crippen LogP contribution < -0.4 is 10.6 Å². The zero-order chi connectivity index (χ0) is 20.3. The first-order chi connectivity index (χ1) is 13.4. The fraction of sp³-hybridized carbons (Fsp3) is 0.526. The lowest BCUT2D eigenvalue weighted by Crippen LogP contribution is -2.64. The van der Waals surface area contributed by atoms with Crippen molar-refractivity contribution in [3.8, 4) is 0 Å². The lowest BCUT2D eigenvalue weighted by molar-refractivity contribution is -0.127. The zero-order valence-electron chi connectivity index (χ0n) is 16.3. The number of halogens is 1. The maximum absolute atomic E-state index is 13.2. The molecule has 1 aromatic carbocycles. The predicted molar refractivity (Wildman–Crippen MR) is 102 cm³/mol. The Kier molecular flexibility index (Phi) is 6.13. The summed E-state index contributed by atoms with van der Waals surface area (Å²) in [5.74, 6) is -0.155. The van der Waals surface area contributed by atoms with E-state index in [1.807, 2.05) is 18.7 Å². The van der Waals surface area contributed by atoms with Gasteiger partial charge in [0.15, 0.2) is 12.0 Å². The first kappa shape index (κ1) is 20.1. The van der Waals surface area contributed by atoms with Crippen LogP contribution in [0.1, 0.15) is 25.8 Å². The maximum Gasteiger partial charge on any atom is 0.325 e. The van der Waals surface area contributed by atoms with Gasteiger partial charge >= 0.3 is 6.03 Å². The van der Waals surface area contributed by atoms with Crippen molar-refractivity contribution in [3.63, 3.8) is 0 Å². The van der Waals surface area contributed by atoms with Crippen molar-refractivity contribution < 1.29 is 18.7 Å². The van der Waals surface area contributed by atoms with Gasteiger partial charge in [-0.05, 0) is 38.0 Å². The molecule has 2 N–H and O–H groups in total. The van der Waals surface area contributed by atoms with Gasteiger partial charge in [-0.1, -0.05) is 12.1 Å². The van der Waals surface area contributed by atoms with Crippen LogP contribution in [0.3, 0.4) is 0 Å². The van der Waals surface area contributed by atoms with E-state index in [1.54, 1.807) is 19.2 Å². The second-order valence-corrected chi connectivity index (χ2v) is 7.17. The van der Waals surface area contributed by atoms with Crippen LogP contribution in [-0.2, 0) is 16.1 Å². The molecule has 2 heterocycles. The van der Waals surface area contributed by atoms with Crippen molar-refractivity contribution in [1.82, 2.24) is 20.4 Å². The number of nitrogens with one attached hydrogen (secondary N) is 2. The average molecular weight is 391 g/mol. The van der Waals surface area contributed by atoms with Crippen LogP contribution in [0, 0.1) is 5.82 Å².